The second-order valence-corrected chi connectivity index (χ2v) is 10.3. The Balaban J connectivity index is 1.36. The van der Waals surface area contributed by atoms with Gasteiger partial charge in [0, 0.05) is 38.2 Å². The number of nitrogens with zero attached hydrogens (tertiary/aromatic N) is 4. The van der Waals surface area contributed by atoms with Crippen LogP contribution in [0.4, 0.5) is 4.39 Å². The van der Waals surface area contributed by atoms with E-state index < -0.39 is 11.8 Å². The van der Waals surface area contributed by atoms with E-state index in [1.165, 1.54) is 18.3 Å². The third-order valence-corrected chi connectivity index (χ3v) is 7.83. The van der Waals surface area contributed by atoms with Gasteiger partial charge < -0.3 is 23.7 Å². The van der Waals surface area contributed by atoms with Crippen LogP contribution in [0.25, 0.3) is 27.4 Å². The van der Waals surface area contributed by atoms with Gasteiger partial charge in [-0.3, -0.25) is 4.99 Å². The van der Waals surface area contributed by atoms with E-state index in [9.17, 15) is 9.50 Å². The zero-order valence-corrected chi connectivity index (χ0v) is 21.9. The van der Waals surface area contributed by atoms with Gasteiger partial charge in [-0.1, -0.05) is 11.3 Å². The molecule has 4 heterocycles. The summed E-state index contributed by atoms with van der Waals surface area (Å²) in [7, 11) is 1.57. The van der Waals surface area contributed by atoms with E-state index in [-0.39, 0.29) is 6.61 Å². The number of furan rings is 1. The lowest BCUT2D eigenvalue weighted by atomic mass is 9.96. The van der Waals surface area contributed by atoms with E-state index >= 15 is 0 Å². The predicted octanol–water partition coefficient (Wildman–Crippen LogP) is 4.89. The summed E-state index contributed by atoms with van der Waals surface area (Å²) in [5.74, 6) is 1.65. The van der Waals surface area contributed by atoms with Crippen LogP contribution in [0, 0.1) is 11.7 Å². The number of imidazole rings is 1. The molecule has 0 bridgehead atoms. The van der Waals surface area contributed by atoms with Crippen molar-refractivity contribution >= 4 is 44.1 Å². The van der Waals surface area contributed by atoms with E-state index in [0.29, 0.717) is 76.1 Å². The van der Waals surface area contributed by atoms with Gasteiger partial charge in [0.1, 0.15) is 40.0 Å². The highest BCUT2D eigenvalue weighted by molar-refractivity contribution is 8.18. The minimum atomic E-state index is -1.15. The normalized spacial score (nSPS) is 16.7. The van der Waals surface area contributed by atoms with Crippen LogP contribution in [-0.2, 0) is 4.74 Å². The highest BCUT2D eigenvalue weighted by Gasteiger charge is 2.35. The number of hydrogen-bond acceptors (Lipinski definition) is 10. The van der Waals surface area contributed by atoms with Gasteiger partial charge in [0.25, 0.3) is 0 Å². The summed E-state index contributed by atoms with van der Waals surface area (Å²) >= 11 is 2.28. The largest absolute Gasteiger partial charge is 0.496 e. The zero-order valence-electron chi connectivity index (χ0n) is 20.3. The summed E-state index contributed by atoms with van der Waals surface area (Å²) < 4.78 is 38.0. The molecule has 0 spiro atoms. The average Bonchev–Trinajstić information content (AvgIpc) is 3.59. The van der Waals surface area contributed by atoms with Crippen molar-refractivity contribution in [3.05, 3.63) is 29.4 Å². The van der Waals surface area contributed by atoms with Crippen LogP contribution in [0.5, 0.6) is 11.5 Å². The fourth-order valence-electron chi connectivity index (χ4n) is 4.00. The van der Waals surface area contributed by atoms with Crippen LogP contribution < -0.4 is 9.47 Å². The first kappa shape index (κ1) is 25.5. The number of methoxy groups -OCH3 is 1. The number of alkyl halides is 1. The number of aromatic nitrogens is 3. The lowest BCUT2D eigenvalue weighted by Gasteiger charge is -2.32. The molecule has 9 nitrogen and oxygen atoms in total. The number of aliphatic hydroxyl groups is 1. The summed E-state index contributed by atoms with van der Waals surface area (Å²) in [5, 5.41) is 19.3. The van der Waals surface area contributed by atoms with Gasteiger partial charge in [-0.05, 0) is 30.0 Å². The molecular formula is C25H25FN4O5S2. The van der Waals surface area contributed by atoms with Crippen molar-refractivity contribution in [3.63, 3.8) is 0 Å². The molecule has 1 atom stereocenters. The monoisotopic (exact) mass is 544 g/mol. The fourth-order valence-corrected chi connectivity index (χ4v) is 5.47. The number of aliphatic imine (C=N–C) groups is 1. The highest BCUT2D eigenvalue weighted by Crippen LogP contribution is 2.37. The number of thioether (sulfide) groups is 1. The van der Waals surface area contributed by atoms with Gasteiger partial charge in [-0.25, -0.2) is 13.9 Å². The maximum atomic E-state index is 13.6. The quantitative estimate of drug-likeness (QED) is 0.145. The molecular weight excluding hydrogens is 519 g/mol. The topological polar surface area (TPSA) is 104 Å². The predicted molar refractivity (Wildman–Crippen MR) is 141 cm³/mol. The van der Waals surface area contributed by atoms with Crippen molar-refractivity contribution < 1.29 is 28.1 Å². The maximum absolute atomic E-state index is 13.6. The Labute approximate surface area is 220 Å². The lowest BCUT2D eigenvalue weighted by Crippen LogP contribution is -2.42. The van der Waals surface area contributed by atoms with Crippen LogP contribution in [0.2, 0.25) is 0 Å². The second-order valence-electron chi connectivity index (χ2n) is 8.46. The summed E-state index contributed by atoms with van der Waals surface area (Å²) in [4.78, 5) is 9.66. The third-order valence-electron chi connectivity index (χ3n) is 5.94. The molecule has 0 saturated carbocycles. The summed E-state index contributed by atoms with van der Waals surface area (Å²) in [6.07, 6.45) is 6.93. The molecule has 37 heavy (non-hydrogen) atoms. The standard InChI is InChI=1S/C25H25FN4O5S2/c1-4-36-23(25(31)5-8-33-9-6-25)27-7-10-34-19-11-16(32-3)12-20-17(19)13-21(35-20)18-14-30-24(28-18)37-22(29-30)15(2)26/h1,11-15,31H,5-10H2,2-3H3/t15-/m0/s1. The smallest absolute Gasteiger partial charge is 0.212 e. The van der Waals surface area contributed by atoms with Crippen LogP contribution in [0.1, 0.15) is 30.9 Å². The average molecular weight is 545 g/mol. The van der Waals surface area contributed by atoms with Gasteiger partial charge in [0.15, 0.2) is 16.9 Å². The van der Waals surface area contributed by atoms with Crippen molar-refractivity contribution in [2.45, 2.75) is 31.5 Å². The van der Waals surface area contributed by atoms with E-state index in [1.807, 2.05) is 6.07 Å². The van der Waals surface area contributed by atoms with Crippen LogP contribution in [0.15, 0.2) is 33.8 Å². The number of hydrogen-bond donors (Lipinski definition) is 1. The van der Waals surface area contributed by atoms with Gasteiger partial charge in [0.2, 0.25) is 4.96 Å². The molecule has 1 aromatic carbocycles. The van der Waals surface area contributed by atoms with Gasteiger partial charge in [-0.2, -0.15) is 5.10 Å². The molecule has 0 aliphatic carbocycles. The molecule has 1 N–H and O–H groups in total. The first-order valence-corrected chi connectivity index (χ1v) is 13.3. The Morgan fingerprint density at radius 2 is 2.22 bits per heavy atom. The van der Waals surface area contributed by atoms with E-state index in [4.69, 9.17) is 25.1 Å². The lowest BCUT2D eigenvalue weighted by molar-refractivity contribution is -0.0182. The number of halogens is 1. The Morgan fingerprint density at radius 3 is 2.92 bits per heavy atom. The van der Waals surface area contributed by atoms with Gasteiger partial charge in [-0.15, -0.1) is 6.42 Å². The molecule has 1 aliphatic heterocycles. The van der Waals surface area contributed by atoms with E-state index in [2.05, 4.69) is 20.3 Å². The third kappa shape index (κ3) is 5.31. The van der Waals surface area contributed by atoms with Crippen molar-refractivity contribution in [1.82, 2.24) is 14.6 Å². The van der Waals surface area contributed by atoms with Crippen LogP contribution >= 0.6 is 23.1 Å². The van der Waals surface area contributed by atoms with Gasteiger partial charge >= 0.3 is 0 Å². The molecule has 1 fully saturated rings. The molecule has 12 heteroatoms. The molecule has 3 aromatic heterocycles. The molecule has 1 saturated heterocycles. The van der Waals surface area contributed by atoms with E-state index in [0.717, 1.165) is 17.1 Å². The Kier molecular flexibility index (Phi) is 7.39. The number of terminal acetylenes is 1. The zero-order chi connectivity index (χ0) is 26.0. The first-order valence-electron chi connectivity index (χ1n) is 11.6. The fraction of sp³-hybridized carbons (Fsp3) is 0.400. The van der Waals surface area contributed by atoms with Gasteiger partial charge in [0.05, 0.1) is 25.2 Å². The minimum absolute atomic E-state index is 0.248. The molecule has 0 radical (unpaired) electrons. The number of fused-ring (bicyclic) bond motifs is 2. The molecule has 0 amide bonds. The van der Waals surface area contributed by atoms with Crippen molar-refractivity contribution in [2.75, 3.05) is 33.5 Å². The summed E-state index contributed by atoms with van der Waals surface area (Å²) in [6.45, 7) is 2.92. The Morgan fingerprint density at radius 1 is 1.41 bits per heavy atom. The molecule has 1 aliphatic rings. The van der Waals surface area contributed by atoms with Crippen molar-refractivity contribution in [1.29, 1.82) is 0 Å². The summed E-state index contributed by atoms with van der Waals surface area (Å²) in [6, 6.07) is 5.38. The molecule has 5 rings (SSSR count). The molecule has 0 unspecified atom stereocenters. The Bertz CT molecular complexity index is 1450. The summed E-state index contributed by atoms with van der Waals surface area (Å²) in [5.41, 5.74) is 0.0623. The van der Waals surface area contributed by atoms with Crippen molar-refractivity contribution in [2.24, 2.45) is 4.99 Å². The van der Waals surface area contributed by atoms with Crippen LogP contribution in [-0.4, -0.2) is 63.8 Å². The minimum Gasteiger partial charge on any atom is -0.496 e. The highest BCUT2D eigenvalue weighted by atomic mass is 32.2. The first-order chi connectivity index (χ1) is 17.9. The van der Waals surface area contributed by atoms with E-state index in [1.54, 1.807) is 30.0 Å². The second kappa shape index (κ2) is 10.7. The molecule has 194 valence electrons. The molecule has 4 aromatic rings. The van der Waals surface area contributed by atoms with Crippen LogP contribution in [0.3, 0.4) is 0 Å². The number of benzene rings is 1. The number of rotatable bonds is 8. The van der Waals surface area contributed by atoms with Crippen molar-refractivity contribution in [3.8, 4) is 34.6 Å². The maximum Gasteiger partial charge on any atom is 0.212 e. The SMILES string of the molecule is C#CSC(=NCCOc1cc(OC)cc2oc(-c3cn4nc([C@H](C)F)sc4n3)cc12)C1(O)CCOCC1. The Hall–Kier alpha value is -3.11. The number of ether oxygens (including phenoxy) is 3.